The maximum atomic E-state index is 5.61. The predicted octanol–water partition coefficient (Wildman–Crippen LogP) is 2.09. The first-order valence-corrected chi connectivity index (χ1v) is 6.09. The van der Waals surface area contributed by atoms with Crippen LogP contribution in [0.25, 0.3) is 11.0 Å². The molecule has 0 aliphatic heterocycles. The smallest absolute Gasteiger partial charge is 0.119 e. The van der Waals surface area contributed by atoms with Gasteiger partial charge in [0.15, 0.2) is 0 Å². The highest BCUT2D eigenvalue weighted by Crippen LogP contribution is 2.13. The summed E-state index contributed by atoms with van der Waals surface area (Å²) in [4.78, 5) is 1.65. The Morgan fingerprint density at radius 3 is 2.21 bits per heavy atom. The van der Waals surface area contributed by atoms with E-state index in [1.54, 1.807) is 4.80 Å². The summed E-state index contributed by atoms with van der Waals surface area (Å²) in [5.41, 5.74) is 8.14. The minimum atomic E-state index is 0.519. The summed E-state index contributed by atoms with van der Waals surface area (Å²) in [7, 11) is 0. The van der Waals surface area contributed by atoms with Crippen molar-refractivity contribution in [1.29, 1.82) is 0 Å². The van der Waals surface area contributed by atoms with Crippen molar-refractivity contribution in [1.82, 2.24) is 15.0 Å². The lowest BCUT2D eigenvalue weighted by atomic mass is 10.3. The van der Waals surface area contributed by atoms with Crippen LogP contribution in [0.1, 0.15) is 0 Å². The number of fused-ring (bicyclic) bond motifs is 1. The van der Waals surface area contributed by atoms with Crippen LogP contribution in [0, 0.1) is 0 Å². The van der Waals surface area contributed by atoms with Crippen LogP contribution in [0.3, 0.4) is 0 Å². The second-order valence-corrected chi connectivity index (χ2v) is 4.20. The molecular formula is C14H14N4O. The van der Waals surface area contributed by atoms with Gasteiger partial charge >= 0.3 is 0 Å². The molecule has 5 heteroatoms. The Morgan fingerprint density at radius 1 is 0.947 bits per heavy atom. The first kappa shape index (κ1) is 11.5. The minimum Gasteiger partial charge on any atom is -0.492 e. The molecule has 19 heavy (non-hydrogen) atoms. The summed E-state index contributed by atoms with van der Waals surface area (Å²) in [6.45, 7) is 1.13. The molecule has 3 rings (SSSR count). The number of aromatic nitrogens is 3. The average molecular weight is 254 g/mol. The van der Waals surface area contributed by atoms with E-state index in [2.05, 4.69) is 10.2 Å². The molecule has 0 atom stereocenters. The van der Waals surface area contributed by atoms with Crippen LogP contribution in [0.5, 0.6) is 5.75 Å². The van der Waals surface area contributed by atoms with Crippen LogP contribution >= 0.6 is 0 Å². The van der Waals surface area contributed by atoms with Gasteiger partial charge in [-0.25, -0.2) is 0 Å². The highest BCUT2D eigenvalue weighted by atomic mass is 16.5. The molecule has 0 unspecified atom stereocenters. The molecule has 2 aromatic carbocycles. The molecule has 0 aliphatic rings. The van der Waals surface area contributed by atoms with Gasteiger partial charge in [0, 0.05) is 5.69 Å². The first-order valence-electron chi connectivity index (χ1n) is 6.09. The fourth-order valence-corrected chi connectivity index (χ4v) is 1.81. The Morgan fingerprint density at radius 2 is 1.58 bits per heavy atom. The summed E-state index contributed by atoms with van der Waals surface area (Å²) >= 11 is 0. The van der Waals surface area contributed by atoms with E-state index in [4.69, 9.17) is 10.5 Å². The number of nitrogens with two attached hydrogens (primary N) is 1. The largest absolute Gasteiger partial charge is 0.492 e. The van der Waals surface area contributed by atoms with E-state index in [0.717, 1.165) is 22.5 Å². The molecule has 1 heterocycles. The topological polar surface area (TPSA) is 66.0 Å². The van der Waals surface area contributed by atoms with Crippen molar-refractivity contribution < 1.29 is 4.74 Å². The number of ether oxygens (including phenoxy) is 1. The lowest BCUT2D eigenvalue weighted by molar-refractivity contribution is 0.283. The zero-order valence-electron chi connectivity index (χ0n) is 10.4. The molecule has 2 N–H and O–H groups in total. The van der Waals surface area contributed by atoms with Crippen LogP contribution in [-0.2, 0) is 6.54 Å². The third-order valence-corrected chi connectivity index (χ3v) is 2.77. The van der Waals surface area contributed by atoms with Gasteiger partial charge in [0.1, 0.15) is 23.4 Å². The number of nitrogen functional groups attached to an aromatic ring is 1. The molecule has 0 fully saturated rings. The highest BCUT2D eigenvalue weighted by molar-refractivity contribution is 5.72. The van der Waals surface area contributed by atoms with Gasteiger partial charge in [-0.1, -0.05) is 12.1 Å². The first-order chi connectivity index (χ1) is 9.31. The number of rotatable bonds is 4. The van der Waals surface area contributed by atoms with Crippen LogP contribution in [-0.4, -0.2) is 21.6 Å². The summed E-state index contributed by atoms with van der Waals surface area (Å²) in [5, 5.41) is 8.73. The van der Waals surface area contributed by atoms with Crippen LogP contribution in [0.2, 0.25) is 0 Å². The van der Waals surface area contributed by atoms with Crippen molar-refractivity contribution in [3.63, 3.8) is 0 Å². The van der Waals surface area contributed by atoms with Crippen molar-refractivity contribution >= 4 is 16.7 Å². The van der Waals surface area contributed by atoms with Gasteiger partial charge in [-0.05, 0) is 36.4 Å². The van der Waals surface area contributed by atoms with E-state index in [1.807, 2.05) is 48.5 Å². The molecule has 0 radical (unpaired) electrons. The third-order valence-electron chi connectivity index (χ3n) is 2.77. The fraction of sp³-hybridized carbons (Fsp3) is 0.143. The molecule has 0 bridgehead atoms. The Bertz CT molecular complexity index is 642. The van der Waals surface area contributed by atoms with Crippen molar-refractivity contribution in [2.24, 2.45) is 0 Å². The second-order valence-electron chi connectivity index (χ2n) is 4.20. The maximum Gasteiger partial charge on any atom is 0.119 e. The zero-order chi connectivity index (χ0) is 13.1. The SMILES string of the molecule is Nc1ccc(OCCn2nc3ccccc3n2)cc1. The van der Waals surface area contributed by atoms with Crippen LogP contribution in [0.15, 0.2) is 48.5 Å². The van der Waals surface area contributed by atoms with Crippen molar-refractivity contribution in [2.45, 2.75) is 6.54 Å². The van der Waals surface area contributed by atoms with Gasteiger partial charge in [-0.15, -0.1) is 0 Å². The summed E-state index contributed by atoms with van der Waals surface area (Å²) in [6, 6.07) is 15.1. The summed E-state index contributed by atoms with van der Waals surface area (Å²) < 4.78 is 5.60. The van der Waals surface area contributed by atoms with E-state index in [9.17, 15) is 0 Å². The summed E-state index contributed by atoms with van der Waals surface area (Å²) in [6.07, 6.45) is 0. The van der Waals surface area contributed by atoms with Crippen LogP contribution < -0.4 is 10.5 Å². The van der Waals surface area contributed by atoms with E-state index in [-0.39, 0.29) is 0 Å². The Labute approximate surface area is 110 Å². The molecule has 0 saturated carbocycles. The molecular weight excluding hydrogens is 240 g/mol. The Hall–Kier alpha value is -2.56. The molecule has 1 aromatic heterocycles. The molecule has 0 aliphatic carbocycles. The van der Waals surface area contributed by atoms with Gasteiger partial charge in [0.25, 0.3) is 0 Å². The molecule has 0 spiro atoms. The van der Waals surface area contributed by atoms with Crippen molar-refractivity contribution in [3.8, 4) is 5.75 Å². The average Bonchev–Trinajstić information content (AvgIpc) is 2.83. The zero-order valence-corrected chi connectivity index (χ0v) is 10.4. The fourth-order valence-electron chi connectivity index (χ4n) is 1.81. The van der Waals surface area contributed by atoms with Gasteiger partial charge in [0.2, 0.25) is 0 Å². The van der Waals surface area contributed by atoms with Crippen LogP contribution in [0.4, 0.5) is 5.69 Å². The van der Waals surface area contributed by atoms with Gasteiger partial charge < -0.3 is 10.5 Å². The third kappa shape index (κ3) is 2.65. The molecule has 0 saturated heterocycles. The highest BCUT2D eigenvalue weighted by Gasteiger charge is 2.01. The maximum absolute atomic E-state index is 5.61. The van der Waals surface area contributed by atoms with Crippen molar-refractivity contribution in [2.75, 3.05) is 12.3 Å². The Kier molecular flexibility index (Phi) is 3.02. The van der Waals surface area contributed by atoms with E-state index in [1.165, 1.54) is 0 Å². The quantitative estimate of drug-likeness (QED) is 0.724. The van der Waals surface area contributed by atoms with Crippen molar-refractivity contribution in [3.05, 3.63) is 48.5 Å². The number of benzene rings is 2. The minimum absolute atomic E-state index is 0.519. The van der Waals surface area contributed by atoms with Gasteiger partial charge in [0.05, 0.1) is 6.54 Å². The molecule has 3 aromatic rings. The number of anilines is 1. The molecule has 96 valence electrons. The normalized spacial score (nSPS) is 10.7. The Balaban J connectivity index is 1.61. The molecule has 5 nitrogen and oxygen atoms in total. The standard InChI is InChI=1S/C14H14N4O/c15-11-5-7-12(8-6-11)19-10-9-18-16-13-3-1-2-4-14(13)17-18/h1-8H,9-10,15H2. The summed E-state index contributed by atoms with van der Waals surface area (Å²) in [5.74, 6) is 0.797. The van der Waals surface area contributed by atoms with E-state index >= 15 is 0 Å². The van der Waals surface area contributed by atoms with E-state index in [0.29, 0.717) is 13.2 Å². The number of nitrogens with zero attached hydrogens (tertiary/aromatic N) is 3. The monoisotopic (exact) mass is 254 g/mol. The predicted molar refractivity (Wildman–Crippen MR) is 73.9 cm³/mol. The van der Waals surface area contributed by atoms with Gasteiger partial charge in [-0.2, -0.15) is 15.0 Å². The lowest BCUT2D eigenvalue weighted by Gasteiger charge is -2.05. The van der Waals surface area contributed by atoms with Gasteiger partial charge in [-0.3, -0.25) is 0 Å². The second kappa shape index (κ2) is 4.97. The lowest BCUT2D eigenvalue weighted by Crippen LogP contribution is -2.10. The number of hydrogen-bond donors (Lipinski definition) is 1. The number of hydrogen-bond acceptors (Lipinski definition) is 4. The van der Waals surface area contributed by atoms with E-state index < -0.39 is 0 Å². The molecule has 0 amide bonds.